The van der Waals surface area contributed by atoms with E-state index in [1.807, 2.05) is 31.2 Å². The molecule has 1 atom stereocenters. The van der Waals surface area contributed by atoms with Crippen molar-refractivity contribution in [2.24, 2.45) is 4.99 Å². The lowest BCUT2D eigenvalue weighted by molar-refractivity contribution is 0.0389. The molecule has 1 heterocycles. The lowest BCUT2D eigenvalue weighted by Crippen LogP contribution is -2.44. The number of nitrogens with zero attached hydrogens (tertiary/aromatic N) is 2. The third-order valence-corrected chi connectivity index (χ3v) is 4.05. The van der Waals surface area contributed by atoms with Crippen LogP contribution in [-0.2, 0) is 4.74 Å². The Morgan fingerprint density at radius 1 is 1.26 bits per heavy atom. The van der Waals surface area contributed by atoms with Gasteiger partial charge >= 0.3 is 0 Å². The molecule has 1 aromatic carbocycles. The van der Waals surface area contributed by atoms with Crippen molar-refractivity contribution in [1.82, 2.24) is 15.5 Å². The van der Waals surface area contributed by atoms with Crippen molar-refractivity contribution in [3.8, 4) is 11.5 Å². The second kappa shape index (κ2) is 13.8. The molecule has 0 radical (unpaired) electrons. The number of hydrogen-bond donors (Lipinski definition) is 2. The van der Waals surface area contributed by atoms with Crippen molar-refractivity contribution in [1.29, 1.82) is 0 Å². The molecular formula is C19H33IN4O3. The Morgan fingerprint density at radius 2 is 2.00 bits per heavy atom. The highest BCUT2D eigenvalue weighted by atomic mass is 127. The molecule has 0 spiro atoms. The summed E-state index contributed by atoms with van der Waals surface area (Å²) in [6.07, 6.45) is -0.0307. The van der Waals surface area contributed by atoms with Crippen molar-refractivity contribution in [3.63, 3.8) is 0 Å². The van der Waals surface area contributed by atoms with Crippen LogP contribution in [0.3, 0.4) is 0 Å². The molecular weight excluding hydrogens is 459 g/mol. The van der Waals surface area contributed by atoms with Crippen LogP contribution in [0.4, 0.5) is 0 Å². The summed E-state index contributed by atoms with van der Waals surface area (Å²) >= 11 is 0. The first kappa shape index (κ1) is 23.8. The van der Waals surface area contributed by atoms with Crippen LogP contribution >= 0.6 is 24.0 Å². The predicted molar refractivity (Wildman–Crippen MR) is 120 cm³/mol. The minimum atomic E-state index is -0.0307. The molecule has 1 aromatic rings. The molecule has 1 aliphatic rings. The first-order valence-corrected chi connectivity index (χ1v) is 9.34. The average molecular weight is 492 g/mol. The van der Waals surface area contributed by atoms with Crippen LogP contribution in [0, 0.1) is 0 Å². The Morgan fingerprint density at radius 3 is 2.70 bits per heavy atom. The normalized spacial score (nSPS) is 16.2. The summed E-state index contributed by atoms with van der Waals surface area (Å²) in [6, 6.07) is 7.62. The standard InChI is InChI=1S/C19H32N4O3.HI/c1-4-20-19(21-8-9-23-10-12-25-13-11-23)22-15-16(2)26-18-7-5-6-17(14-18)24-3;/h5-7,14,16H,4,8-13,15H2,1-3H3,(H2,20,21,22);1H. The highest BCUT2D eigenvalue weighted by molar-refractivity contribution is 14.0. The summed E-state index contributed by atoms with van der Waals surface area (Å²) in [5, 5.41) is 6.66. The summed E-state index contributed by atoms with van der Waals surface area (Å²) in [7, 11) is 1.65. The third-order valence-electron chi connectivity index (χ3n) is 4.05. The van der Waals surface area contributed by atoms with Gasteiger partial charge in [-0.05, 0) is 26.0 Å². The molecule has 0 aromatic heterocycles. The zero-order chi connectivity index (χ0) is 18.6. The topological polar surface area (TPSA) is 67.4 Å². The Bertz CT molecular complexity index is 554. The number of hydrogen-bond acceptors (Lipinski definition) is 5. The van der Waals surface area contributed by atoms with Gasteiger partial charge in [0.1, 0.15) is 17.6 Å². The van der Waals surface area contributed by atoms with Gasteiger partial charge in [-0.3, -0.25) is 4.90 Å². The molecule has 0 bridgehead atoms. The number of nitrogens with one attached hydrogen (secondary N) is 2. The number of benzene rings is 1. The van der Waals surface area contributed by atoms with Crippen LogP contribution in [-0.4, -0.2) is 76.6 Å². The van der Waals surface area contributed by atoms with Crippen LogP contribution in [0.25, 0.3) is 0 Å². The first-order valence-electron chi connectivity index (χ1n) is 9.34. The number of ether oxygens (including phenoxy) is 3. The number of halogens is 1. The van der Waals surface area contributed by atoms with Crippen LogP contribution in [0.5, 0.6) is 11.5 Å². The van der Waals surface area contributed by atoms with Crippen molar-refractivity contribution in [2.75, 3.05) is 59.6 Å². The summed E-state index contributed by atoms with van der Waals surface area (Å²) in [5.74, 6) is 2.40. The zero-order valence-corrected chi connectivity index (χ0v) is 18.9. The van der Waals surface area contributed by atoms with Gasteiger partial charge in [-0.25, -0.2) is 4.99 Å². The van der Waals surface area contributed by atoms with Crippen LogP contribution < -0.4 is 20.1 Å². The number of rotatable bonds is 9. The minimum absolute atomic E-state index is 0. The van der Waals surface area contributed by atoms with Crippen LogP contribution in [0.1, 0.15) is 13.8 Å². The van der Waals surface area contributed by atoms with Gasteiger partial charge < -0.3 is 24.8 Å². The fourth-order valence-corrected chi connectivity index (χ4v) is 2.66. The minimum Gasteiger partial charge on any atom is -0.497 e. The van der Waals surface area contributed by atoms with E-state index in [0.717, 1.165) is 63.4 Å². The number of aliphatic imine (C=N–C) groups is 1. The van der Waals surface area contributed by atoms with E-state index in [-0.39, 0.29) is 30.1 Å². The van der Waals surface area contributed by atoms with Crippen LogP contribution in [0.15, 0.2) is 29.3 Å². The fourth-order valence-electron chi connectivity index (χ4n) is 2.66. The molecule has 1 unspecified atom stereocenters. The summed E-state index contributed by atoms with van der Waals surface area (Å²) in [6.45, 7) is 11.0. The van der Waals surface area contributed by atoms with Gasteiger partial charge in [-0.2, -0.15) is 0 Å². The summed E-state index contributed by atoms with van der Waals surface area (Å²) in [5.41, 5.74) is 0. The molecule has 1 saturated heterocycles. The lowest BCUT2D eigenvalue weighted by Gasteiger charge is -2.26. The summed E-state index contributed by atoms with van der Waals surface area (Å²) < 4.78 is 16.5. The molecule has 27 heavy (non-hydrogen) atoms. The zero-order valence-electron chi connectivity index (χ0n) is 16.6. The maximum atomic E-state index is 5.92. The summed E-state index contributed by atoms with van der Waals surface area (Å²) in [4.78, 5) is 7.03. The Kier molecular flexibility index (Phi) is 12.2. The Hall–Kier alpha value is -1.26. The highest BCUT2D eigenvalue weighted by Gasteiger charge is 2.10. The SMILES string of the molecule is CCNC(=NCC(C)Oc1cccc(OC)c1)NCCN1CCOCC1.I. The Balaban J connectivity index is 0.00000364. The van der Waals surface area contributed by atoms with Gasteiger partial charge in [-0.15, -0.1) is 24.0 Å². The highest BCUT2D eigenvalue weighted by Crippen LogP contribution is 2.19. The van der Waals surface area contributed by atoms with E-state index in [0.29, 0.717) is 6.54 Å². The van der Waals surface area contributed by atoms with Crippen LogP contribution in [0.2, 0.25) is 0 Å². The van der Waals surface area contributed by atoms with E-state index in [4.69, 9.17) is 14.2 Å². The van der Waals surface area contributed by atoms with Gasteiger partial charge in [0.05, 0.1) is 26.9 Å². The van der Waals surface area contributed by atoms with Crippen molar-refractivity contribution in [3.05, 3.63) is 24.3 Å². The van der Waals surface area contributed by atoms with Crippen molar-refractivity contribution < 1.29 is 14.2 Å². The van der Waals surface area contributed by atoms with E-state index in [1.54, 1.807) is 7.11 Å². The van der Waals surface area contributed by atoms with E-state index in [2.05, 4.69) is 27.4 Å². The number of methoxy groups -OCH3 is 1. The smallest absolute Gasteiger partial charge is 0.191 e. The lowest BCUT2D eigenvalue weighted by atomic mass is 10.3. The quantitative estimate of drug-likeness (QED) is 0.312. The molecule has 8 heteroatoms. The van der Waals surface area contributed by atoms with Gasteiger partial charge in [-0.1, -0.05) is 6.07 Å². The second-order valence-corrected chi connectivity index (χ2v) is 6.21. The van der Waals surface area contributed by atoms with Gasteiger partial charge in [0.25, 0.3) is 0 Å². The van der Waals surface area contributed by atoms with E-state index >= 15 is 0 Å². The fraction of sp³-hybridized carbons (Fsp3) is 0.632. The molecule has 1 aliphatic heterocycles. The number of guanidine groups is 1. The van der Waals surface area contributed by atoms with Gasteiger partial charge in [0.15, 0.2) is 5.96 Å². The molecule has 2 N–H and O–H groups in total. The third kappa shape index (κ3) is 9.48. The second-order valence-electron chi connectivity index (χ2n) is 6.21. The van der Waals surface area contributed by atoms with Gasteiger partial charge in [0, 0.05) is 38.8 Å². The molecule has 1 fully saturated rings. The van der Waals surface area contributed by atoms with Crippen molar-refractivity contribution in [2.45, 2.75) is 20.0 Å². The first-order chi connectivity index (χ1) is 12.7. The monoisotopic (exact) mass is 492 g/mol. The number of morpholine rings is 1. The Labute approximate surface area is 179 Å². The molecule has 154 valence electrons. The largest absolute Gasteiger partial charge is 0.497 e. The van der Waals surface area contributed by atoms with E-state index in [1.165, 1.54) is 0 Å². The molecule has 2 rings (SSSR count). The van der Waals surface area contributed by atoms with Crippen molar-refractivity contribution >= 4 is 29.9 Å². The maximum Gasteiger partial charge on any atom is 0.191 e. The molecule has 0 saturated carbocycles. The van der Waals surface area contributed by atoms with E-state index in [9.17, 15) is 0 Å². The molecule has 0 aliphatic carbocycles. The van der Waals surface area contributed by atoms with E-state index < -0.39 is 0 Å². The maximum absolute atomic E-state index is 5.92. The molecule has 0 amide bonds. The average Bonchev–Trinajstić information content (AvgIpc) is 2.67. The molecule has 7 nitrogen and oxygen atoms in total. The van der Waals surface area contributed by atoms with Gasteiger partial charge in [0.2, 0.25) is 0 Å². The predicted octanol–water partition coefficient (Wildman–Crippen LogP) is 1.97.